The third-order valence-electron chi connectivity index (χ3n) is 2.51. The summed E-state index contributed by atoms with van der Waals surface area (Å²) in [6, 6.07) is 4.29. The Bertz CT molecular complexity index is 377. The van der Waals surface area contributed by atoms with E-state index in [0.717, 1.165) is 12.3 Å². The van der Waals surface area contributed by atoms with Crippen LogP contribution in [0.4, 0.5) is 0 Å². The summed E-state index contributed by atoms with van der Waals surface area (Å²) >= 11 is 5.35. The topological polar surface area (TPSA) is 20.3 Å². The number of nitrogens with zero attached hydrogens (tertiary/aromatic N) is 1. The van der Waals surface area contributed by atoms with Crippen LogP contribution in [0.25, 0.3) is 0 Å². The van der Waals surface area contributed by atoms with Crippen molar-refractivity contribution in [1.29, 1.82) is 0 Å². The Hall–Kier alpha value is -0.130. The predicted octanol–water partition coefficient (Wildman–Crippen LogP) is 2.99. The molecular formula is C11H15NOS3. The summed E-state index contributed by atoms with van der Waals surface area (Å²) in [6.07, 6.45) is 2.08. The zero-order valence-corrected chi connectivity index (χ0v) is 11.9. The quantitative estimate of drug-likeness (QED) is 0.841. The van der Waals surface area contributed by atoms with Crippen LogP contribution in [0.3, 0.4) is 0 Å². The largest absolute Gasteiger partial charge is 0.324 e. The fourth-order valence-corrected chi connectivity index (χ4v) is 4.42. The monoisotopic (exact) mass is 273 g/mol. The van der Waals surface area contributed by atoms with Crippen molar-refractivity contribution in [3.05, 3.63) is 21.9 Å². The number of amides is 1. The lowest BCUT2D eigenvalue weighted by molar-refractivity contribution is -0.127. The number of thioether (sulfide) groups is 2. The first kappa shape index (κ1) is 12.3. The zero-order valence-electron chi connectivity index (χ0n) is 9.43. The zero-order chi connectivity index (χ0) is 11.5. The Morgan fingerprint density at radius 1 is 1.56 bits per heavy atom. The Morgan fingerprint density at radius 3 is 3.00 bits per heavy atom. The molecule has 16 heavy (non-hydrogen) atoms. The van der Waals surface area contributed by atoms with E-state index in [1.807, 2.05) is 4.90 Å². The van der Waals surface area contributed by atoms with Crippen molar-refractivity contribution in [3.8, 4) is 0 Å². The van der Waals surface area contributed by atoms with Gasteiger partial charge in [0.2, 0.25) is 5.91 Å². The molecule has 0 aromatic carbocycles. The van der Waals surface area contributed by atoms with E-state index in [0.29, 0.717) is 5.75 Å². The molecule has 5 heteroatoms. The van der Waals surface area contributed by atoms with E-state index in [1.54, 1.807) is 34.9 Å². The fourth-order valence-electron chi connectivity index (χ4n) is 1.71. The van der Waals surface area contributed by atoms with Gasteiger partial charge >= 0.3 is 0 Å². The highest BCUT2D eigenvalue weighted by Gasteiger charge is 2.32. The van der Waals surface area contributed by atoms with E-state index >= 15 is 0 Å². The molecule has 1 saturated heterocycles. The second-order valence-electron chi connectivity index (χ2n) is 3.69. The maximum Gasteiger partial charge on any atom is 0.233 e. The van der Waals surface area contributed by atoms with E-state index in [4.69, 9.17) is 0 Å². The third-order valence-corrected chi connectivity index (χ3v) is 5.54. The average molecular weight is 273 g/mol. The molecule has 1 amide bonds. The van der Waals surface area contributed by atoms with E-state index in [2.05, 4.69) is 25.3 Å². The van der Waals surface area contributed by atoms with Gasteiger partial charge in [0.25, 0.3) is 0 Å². The number of aryl methyl sites for hydroxylation is 1. The fraction of sp³-hybridized carbons (Fsp3) is 0.545. The van der Waals surface area contributed by atoms with Gasteiger partial charge in [0.15, 0.2) is 0 Å². The Labute approximate surface area is 109 Å². The highest BCUT2D eigenvalue weighted by Crippen LogP contribution is 2.41. The lowest BCUT2D eigenvalue weighted by Crippen LogP contribution is -2.30. The van der Waals surface area contributed by atoms with Crippen LogP contribution in [0, 0.1) is 6.92 Å². The van der Waals surface area contributed by atoms with Crippen LogP contribution in [-0.2, 0) is 4.79 Å². The van der Waals surface area contributed by atoms with Crippen molar-refractivity contribution in [1.82, 2.24) is 4.90 Å². The van der Waals surface area contributed by atoms with Gasteiger partial charge < -0.3 is 4.90 Å². The maximum absolute atomic E-state index is 11.8. The Balaban J connectivity index is 2.11. The molecule has 2 rings (SSSR count). The Kier molecular flexibility index (Phi) is 4.21. The molecule has 1 aliphatic heterocycles. The van der Waals surface area contributed by atoms with Crippen molar-refractivity contribution >= 4 is 40.8 Å². The minimum absolute atomic E-state index is 0.262. The van der Waals surface area contributed by atoms with Crippen LogP contribution in [0.2, 0.25) is 0 Å². The summed E-state index contributed by atoms with van der Waals surface area (Å²) in [5, 5.41) is 0.262. The summed E-state index contributed by atoms with van der Waals surface area (Å²) < 4.78 is 0. The van der Waals surface area contributed by atoms with Gasteiger partial charge in [-0.15, -0.1) is 23.1 Å². The first-order chi connectivity index (χ1) is 7.72. The summed E-state index contributed by atoms with van der Waals surface area (Å²) in [5.41, 5.74) is 0. The van der Waals surface area contributed by atoms with Gasteiger partial charge in [-0.1, -0.05) is 0 Å². The molecule has 1 aromatic rings. The molecule has 2 heterocycles. The van der Waals surface area contributed by atoms with Crippen molar-refractivity contribution in [2.45, 2.75) is 12.3 Å². The van der Waals surface area contributed by atoms with E-state index < -0.39 is 0 Å². The van der Waals surface area contributed by atoms with E-state index in [-0.39, 0.29) is 11.3 Å². The minimum atomic E-state index is 0.262. The highest BCUT2D eigenvalue weighted by atomic mass is 32.2. The van der Waals surface area contributed by atoms with Gasteiger partial charge in [0.1, 0.15) is 5.37 Å². The number of rotatable bonds is 4. The summed E-state index contributed by atoms with van der Waals surface area (Å²) in [7, 11) is 0. The first-order valence-electron chi connectivity index (χ1n) is 5.18. The minimum Gasteiger partial charge on any atom is -0.324 e. The van der Waals surface area contributed by atoms with E-state index in [1.165, 1.54) is 9.75 Å². The lowest BCUT2D eigenvalue weighted by Gasteiger charge is -2.22. The lowest BCUT2D eigenvalue weighted by atomic mass is 10.4. The van der Waals surface area contributed by atoms with Crippen LogP contribution >= 0.6 is 34.9 Å². The molecule has 88 valence electrons. The predicted molar refractivity (Wildman–Crippen MR) is 74.4 cm³/mol. The highest BCUT2D eigenvalue weighted by molar-refractivity contribution is 8.00. The second kappa shape index (κ2) is 5.47. The molecular weight excluding hydrogens is 258 g/mol. The molecule has 0 radical (unpaired) electrons. The number of carbonyl (C=O) groups excluding carboxylic acids is 1. The summed E-state index contributed by atoms with van der Waals surface area (Å²) in [4.78, 5) is 16.4. The molecule has 0 aliphatic carbocycles. The van der Waals surface area contributed by atoms with Gasteiger partial charge in [-0.2, -0.15) is 11.8 Å². The SMILES string of the molecule is CSCCN1C(=O)CSC1c1ccc(C)s1. The number of hydrogen-bond donors (Lipinski definition) is 0. The van der Waals surface area contributed by atoms with Gasteiger partial charge in [-0.05, 0) is 25.3 Å². The average Bonchev–Trinajstić information content (AvgIpc) is 2.82. The molecule has 0 spiro atoms. The molecule has 0 bridgehead atoms. The number of hydrogen-bond acceptors (Lipinski definition) is 4. The second-order valence-corrected chi connectivity index (χ2v) is 7.07. The molecule has 1 atom stereocenters. The third kappa shape index (κ3) is 2.57. The van der Waals surface area contributed by atoms with Crippen molar-refractivity contribution in [3.63, 3.8) is 0 Å². The van der Waals surface area contributed by atoms with E-state index in [9.17, 15) is 4.79 Å². The van der Waals surface area contributed by atoms with Crippen molar-refractivity contribution < 1.29 is 4.79 Å². The molecule has 1 unspecified atom stereocenters. The molecule has 0 saturated carbocycles. The normalized spacial score (nSPS) is 20.8. The number of thiophene rings is 1. The summed E-state index contributed by atoms with van der Waals surface area (Å²) in [6.45, 7) is 2.98. The maximum atomic E-state index is 11.8. The van der Waals surface area contributed by atoms with Crippen LogP contribution in [0.5, 0.6) is 0 Å². The van der Waals surface area contributed by atoms with Crippen molar-refractivity contribution in [2.24, 2.45) is 0 Å². The van der Waals surface area contributed by atoms with Gasteiger partial charge in [-0.25, -0.2) is 0 Å². The standard InChI is InChI=1S/C11H15NOS3/c1-8-3-4-9(16-8)11-12(5-6-14-2)10(13)7-15-11/h3-4,11H,5-7H2,1-2H3. The van der Waals surface area contributed by atoms with Crippen LogP contribution in [0.1, 0.15) is 15.1 Å². The van der Waals surface area contributed by atoms with Crippen LogP contribution < -0.4 is 0 Å². The number of carbonyl (C=O) groups is 1. The molecule has 2 nitrogen and oxygen atoms in total. The van der Waals surface area contributed by atoms with Gasteiger partial charge in [0, 0.05) is 22.1 Å². The smallest absolute Gasteiger partial charge is 0.233 e. The van der Waals surface area contributed by atoms with Crippen LogP contribution in [-0.4, -0.2) is 35.1 Å². The molecule has 1 aromatic heterocycles. The first-order valence-corrected chi connectivity index (χ1v) is 8.44. The van der Waals surface area contributed by atoms with Crippen molar-refractivity contribution in [2.75, 3.05) is 24.3 Å². The van der Waals surface area contributed by atoms with Crippen LogP contribution in [0.15, 0.2) is 12.1 Å². The molecule has 1 aliphatic rings. The molecule has 0 N–H and O–H groups in total. The molecule has 1 fully saturated rings. The van der Waals surface area contributed by atoms with Gasteiger partial charge in [0.05, 0.1) is 5.75 Å². The Morgan fingerprint density at radius 2 is 2.38 bits per heavy atom. The van der Waals surface area contributed by atoms with Gasteiger partial charge in [-0.3, -0.25) is 4.79 Å². The summed E-state index contributed by atoms with van der Waals surface area (Å²) in [5.74, 6) is 1.94.